The third kappa shape index (κ3) is 4.73. The number of nitrogens with zero attached hydrogens (tertiary/aromatic N) is 3. The number of piperazine rings is 1. The van der Waals surface area contributed by atoms with E-state index in [9.17, 15) is 14.0 Å². The predicted molar refractivity (Wildman–Crippen MR) is 102 cm³/mol. The number of rotatable bonds is 5. The maximum Gasteiger partial charge on any atom is 0.254 e. The molecule has 3 rings (SSSR count). The van der Waals surface area contributed by atoms with Gasteiger partial charge in [-0.2, -0.15) is 0 Å². The fraction of sp³-hybridized carbons (Fsp3) is 0.421. The fourth-order valence-electron chi connectivity index (χ4n) is 3.13. The van der Waals surface area contributed by atoms with Crippen molar-refractivity contribution in [2.75, 3.05) is 39.3 Å². The maximum atomic E-state index is 13.3. The normalized spacial score (nSPS) is 15.1. The molecule has 0 atom stereocenters. The highest BCUT2D eigenvalue weighted by Crippen LogP contribution is 2.21. The van der Waals surface area contributed by atoms with Crippen LogP contribution in [0.15, 0.2) is 24.3 Å². The van der Waals surface area contributed by atoms with Crippen molar-refractivity contribution in [1.82, 2.24) is 20.1 Å². The first-order chi connectivity index (χ1) is 13.0. The molecular weight excluding hydrogens is 371 g/mol. The van der Waals surface area contributed by atoms with E-state index in [2.05, 4.69) is 22.1 Å². The topological polar surface area (TPSA) is 65.5 Å². The number of hydrogen-bond donors (Lipinski definition) is 1. The number of pyridine rings is 1. The number of carbonyl (C=O) groups is 2. The Labute approximate surface area is 162 Å². The van der Waals surface area contributed by atoms with Crippen LogP contribution in [0.5, 0.6) is 0 Å². The molecule has 2 aromatic rings. The maximum absolute atomic E-state index is 13.3. The SMILES string of the molecule is CCN1CCN(C(=O)CCNC(=O)c2cc3ccc(F)cc3nc2Cl)CC1. The number of hydrogen-bond acceptors (Lipinski definition) is 4. The smallest absolute Gasteiger partial charge is 0.254 e. The summed E-state index contributed by atoms with van der Waals surface area (Å²) in [6.07, 6.45) is 0.238. The van der Waals surface area contributed by atoms with E-state index in [4.69, 9.17) is 11.6 Å². The molecule has 0 aliphatic carbocycles. The molecule has 0 radical (unpaired) electrons. The molecule has 2 heterocycles. The fourth-order valence-corrected chi connectivity index (χ4v) is 3.36. The van der Waals surface area contributed by atoms with E-state index in [-0.39, 0.29) is 29.6 Å². The molecule has 6 nitrogen and oxygen atoms in total. The summed E-state index contributed by atoms with van der Waals surface area (Å²) in [5.74, 6) is -0.784. The summed E-state index contributed by atoms with van der Waals surface area (Å²) in [6, 6.07) is 5.69. The van der Waals surface area contributed by atoms with Gasteiger partial charge in [0.1, 0.15) is 11.0 Å². The van der Waals surface area contributed by atoms with Crippen molar-refractivity contribution in [2.24, 2.45) is 0 Å². The van der Waals surface area contributed by atoms with Crippen molar-refractivity contribution in [3.63, 3.8) is 0 Å². The zero-order chi connectivity index (χ0) is 19.4. The number of aromatic nitrogens is 1. The number of fused-ring (bicyclic) bond motifs is 1. The molecule has 1 aromatic heterocycles. The highest BCUT2D eigenvalue weighted by molar-refractivity contribution is 6.33. The van der Waals surface area contributed by atoms with Crippen LogP contribution in [0.25, 0.3) is 10.9 Å². The van der Waals surface area contributed by atoms with E-state index in [1.54, 1.807) is 12.1 Å². The molecule has 144 valence electrons. The lowest BCUT2D eigenvalue weighted by atomic mass is 10.1. The molecule has 1 saturated heterocycles. The minimum absolute atomic E-state index is 0.00705. The molecule has 2 amide bonds. The average Bonchev–Trinajstić information content (AvgIpc) is 2.67. The van der Waals surface area contributed by atoms with E-state index in [0.29, 0.717) is 10.9 Å². The molecule has 1 aliphatic heterocycles. The first kappa shape index (κ1) is 19.5. The Morgan fingerprint density at radius 1 is 1.22 bits per heavy atom. The molecule has 27 heavy (non-hydrogen) atoms. The zero-order valence-electron chi connectivity index (χ0n) is 15.2. The molecule has 1 aliphatic rings. The van der Waals surface area contributed by atoms with Crippen molar-refractivity contribution in [3.05, 3.63) is 40.8 Å². The average molecular weight is 393 g/mol. The summed E-state index contributed by atoms with van der Waals surface area (Å²) in [5.41, 5.74) is 0.595. The third-order valence-electron chi connectivity index (χ3n) is 4.77. The van der Waals surface area contributed by atoms with E-state index in [1.165, 1.54) is 12.1 Å². The molecular formula is C19H22ClFN4O2. The first-order valence-corrected chi connectivity index (χ1v) is 9.40. The Balaban J connectivity index is 1.55. The summed E-state index contributed by atoms with van der Waals surface area (Å²) in [5, 5.41) is 3.34. The molecule has 1 aromatic carbocycles. The van der Waals surface area contributed by atoms with Gasteiger partial charge in [0, 0.05) is 50.6 Å². The van der Waals surface area contributed by atoms with Crippen LogP contribution >= 0.6 is 11.6 Å². The number of nitrogens with one attached hydrogen (secondary N) is 1. The van der Waals surface area contributed by atoms with Gasteiger partial charge in [0.15, 0.2) is 0 Å². The Kier molecular flexibility index (Phi) is 6.23. The van der Waals surface area contributed by atoms with Gasteiger partial charge < -0.3 is 15.1 Å². The Bertz CT molecular complexity index is 853. The monoisotopic (exact) mass is 392 g/mol. The zero-order valence-corrected chi connectivity index (χ0v) is 15.9. The molecule has 1 fully saturated rings. The number of likely N-dealkylation sites (N-methyl/N-ethyl adjacent to an activating group) is 1. The van der Waals surface area contributed by atoms with Crippen molar-refractivity contribution in [3.8, 4) is 0 Å². The highest BCUT2D eigenvalue weighted by atomic mass is 35.5. The van der Waals surface area contributed by atoms with E-state index >= 15 is 0 Å². The van der Waals surface area contributed by atoms with E-state index in [1.807, 2.05) is 4.90 Å². The van der Waals surface area contributed by atoms with Gasteiger partial charge >= 0.3 is 0 Å². The quantitative estimate of drug-likeness (QED) is 0.793. The Morgan fingerprint density at radius 2 is 1.96 bits per heavy atom. The number of carbonyl (C=O) groups excluding carboxylic acids is 2. The summed E-state index contributed by atoms with van der Waals surface area (Å²) in [7, 11) is 0. The minimum Gasteiger partial charge on any atom is -0.351 e. The minimum atomic E-state index is -0.415. The summed E-state index contributed by atoms with van der Waals surface area (Å²) < 4.78 is 13.3. The lowest BCUT2D eigenvalue weighted by molar-refractivity contribution is -0.132. The Hall–Kier alpha value is -2.25. The van der Waals surface area contributed by atoms with Crippen LogP contribution in [-0.4, -0.2) is 65.9 Å². The van der Waals surface area contributed by atoms with Crippen molar-refractivity contribution >= 4 is 34.3 Å². The van der Waals surface area contributed by atoms with Crippen LogP contribution in [0.3, 0.4) is 0 Å². The second-order valence-electron chi connectivity index (χ2n) is 6.48. The van der Waals surface area contributed by atoms with Crippen LogP contribution in [0, 0.1) is 5.82 Å². The van der Waals surface area contributed by atoms with Crippen LogP contribution < -0.4 is 5.32 Å². The van der Waals surface area contributed by atoms with Gasteiger partial charge in [-0.25, -0.2) is 9.37 Å². The first-order valence-electron chi connectivity index (χ1n) is 9.02. The van der Waals surface area contributed by atoms with Crippen LogP contribution in [-0.2, 0) is 4.79 Å². The summed E-state index contributed by atoms with van der Waals surface area (Å²) >= 11 is 6.07. The second-order valence-corrected chi connectivity index (χ2v) is 6.84. The molecule has 8 heteroatoms. The van der Waals surface area contributed by atoms with E-state index in [0.717, 1.165) is 32.7 Å². The largest absolute Gasteiger partial charge is 0.351 e. The molecule has 0 unspecified atom stereocenters. The van der Waals surface area contributed by atoms with Crippen molar-refractivity contribution < 1.29 is 14.0 Å². The lowest BCUT2D eigenvalue weighted by Gasteiger charge is -2.34. The van der Waals surface area contributed by atoms with E-state index < -0.39 is 11.7 Å². The standard InChI is InChI=1S/C19H22ClFN4O2/c1-2-24-7-9-25(10-8-24)17(26)5-6-22-19(27)15-11-13-3-4-14(21)12-16(13)23-18(15)20/h3-4,11-12H,2,5-10H2,1H3,(H,22,27). The van der Waals surface area contributed by atoms with Crippen LogP contribution in [0.2, 0.25) is 5.15 Å². The second kappa shape index (κ2) is 8.63. The van der Waals surface area contributed by atoms with Crippen molar-refractivity contribution in [2.45, 2.75) is 13.3 Å². The summed E-state index contributed by atoms with van der Waals surface area (Å²) in [6.45, 7) is 6.53. The number of amides is 2. The van der Waals surface area contributed by atoms with Crippen LogP contribution in [0.4, 0.5) is 4.39 Å². The van der Waals surface area contributed by atoms with Crippen LogP contribution in [0.1, 0.15) is 23.7 Å². The Morgan fingerprint density at radius 3 is 2.67 bits per heavy atom. The molecule has 0 spiro atoms. The van der Waals surface area contributed by atoms with Gasteiger partial charge in [0.25, 0.3) is 5.91 Å². The molecule has 1 N–H and O–H groups in total. The van der Waals surface area contributed by atoms with Gasteiger partial charge in [-0.15, -0.1) is 0 Å². The number of benzene rings is 1. The van der Waals surface area contributed by atoms with Gasteiger partial charge in [0.2, 0.25) is 5.91 Å². The highest BCUT2D eigenvalue weighted by Gasteiger charge is 2.20. The van der Waals surface area contributed by atoms with Gasteiger partial charge in [-0.05, 0) is 24.7 Å². The van der Waals surface area contributed by atoms with Crippen molar-refractivity contribution in [1.29, 1.82) is 0 Å². The molecule has 0 bridgehead atoms. The van der Waals surface area contributed by atoms with Gasteiger partial charge in [0.05, 0.1) is 11.1 Å². The van der Waals surface area contributed by atoms with Gasteiger partial charge in [-0.3, -0.25) is 9.59 Å². The number of halogens is 2. The lowest BCUT2D eigenvalue weighted by Crippen LogP contribution is -2.49. The third-order valence-corrected chi connectivity index (χ3v) is 5.06. The summed E-state index contributed by atoms with van der Waals surface area (Å²) in [4.78, 5) is 32.8. The predicted octanol–water partition coefficient (Wildman–Crippen LogP) is 2.31. The molecule has 0 saturated carbocycles. The van der Waals surface area contributed by atoms with Gasteiger partial charge in [-0.1, -0.05) is 18.5 Å².